The Kier molecular flexibility index (Phi) is 1.97. The van der Waals surface area contributed by atoms with Crippen molar-refractivity contribution in [3.05, 3.63) is 17.9 Å². The highest BCUT2D eigenvalue weighted by Crippen LogP contribution is 2.48. The highest BCUT2D eigenvalue weighted by Gasteiger charge is 2.38. The van der Waals surface area contributed by atoms with E-state index in [2.05, 4.69) is 24.2 Å². The van der Waals surface area contributed by atoms with Crippen molar-refractivity contribution < 1.29 is 4.39 Å². The van der Waals surface area contributed by atoms with Crippen molar-refractivity contribution in [1.82, 2.24) is 15.0 Å². The number of nitrogen functional groups attached to an aromatic ring is 1. The maximum Gasteiger partial charge on any atom is 0.148 e. The van der Waals surface area contributed by atoms with Crippen LogP contribution in [-0.2, 0) is 0 Å². The van der Waals surface area contributed by atoms with Crippen molar-refractivity contribution >= 4 is 16.7 Å². The normalized spacial score (nSPS) is 19.5. The molecule has 1 aromatic heterocycles. The number of anilines is 1. The molecular formula is C12H15FN4. The molecular weight excluding hydrogens is 219 g/mol. The summed E-state index contributed by atoms with van der Waals surface area (Å²) in [5.74, 6) is -0.403. The molecule has 1 aromatic carbocycles. The van der Waals surface area contributed by atoms with Crippen LogP contribution in [0.3, 0.4) is 0 Å². The van der Waals surface area contributed by atoms with Gasteiger partial charge in [-0.15, -0.1) is 5.10 Å². The summed E-state index contributed by atoms with van der Waals surface area (Å²) in [5, 5.41) is 8.15. The molecule has 1 fully saturated rings. The molecule has 1 aliphatic rings. The fourth-order valence-electron chi connectivity index (χ4n) is 2.63. The average molecular weight is 234 g/mol. The number of benzene rings is 1. The fourth-order valence-corrected chi connectivity index (χ4v) is 2.63. The van der Waals surface area contributed by atoms with Gasteiger partial charge in [-0.25, -0.2) is 9.07 Å². The molecule has 2 aromatic rings. The molecule has 17 heavy (non-hydrogen) atoms. The lowest BCUT2D eigenvalue weighted by Gasteiger charge is -2.42. The Labute approximate surface area is 98.6 Å². The van der Waals surface area contributed by atoms with Gasteiger partial charge in [-0.1, -0.05) is 19.1 Å². The number of nitrogens with zero attached hydrogens (tertiary/aromatic N) is 3. The minimum absolute atomic E-state index is 0.124. The van der Waals surface area contributed by atoms with Crippen molar-refractivity contribution in [3.63, 3.8) is 0 Å². The van der Waals surface area contributed by atoms with Crippen LogP contribution in [0.25, 0.3) is 11.0 Å². The number of hydrogen-bond acceptors (Lipinski definition) is 3. The van der Waals surface area contributed by atoms with Gasteiger partial charge in [0.1, 0.15) is 11.3 Å². The zero-order chi connectivity index (χ0) is 12.2. The van der Waals surface area contributed by atoms with Gasteiger partial charge < -0.3 is 5.73 Å². The zero-order valence-corrected chi connectivity index (χ0v) is 9.94. The van der Waals surface area contributed by atoms with E-state index in [4.69, 9.17) is 5.73 Å². The van der Waals surface area contributed by atoms with Crippen molar-refractivity contribution in [2.45, 2.75) is 32.7 Å². The van der Waals surface area contributed by atoms with E-state index in [1.807, 2.05) is 4.68 Å². The number of halogens is 1. The molecule has 3 rings (SSSR count). The molecule has 1 aliphatic carbocycles. The quantitative estimate of drug-likeness (QED) is 0.771. The largest absolute Gasteiger partial charge is 0.396 e. The van der Waals surface area contributed by atoms with Gasteiger partial charge in [-0.05, 0) is 24.3 Å². The molecule has 2 N–H and O–H groups in total. The van der Waals surface area contributed by atoms with Crippen LogP contribution in [0.15, 0.2) is 12.1 Å². The highest BCUT2D eigenvalue weighted by molar-refractivity contribution is 5.78. The molecule has 0 aliphatic heterocycles. The van der Waals surface area contributed by atoms with Crippen molar-refractivity contribution in [2.24, 2.45) is 5.41 Å². The molecule has 0 unspecified atom stereocenters. The third-order valence-electron chi connectivity index (χ3n) is 3.51. The van der Waals surface area contributed by atoms with E-state index in [0.717, 1.165) is 18.4 Å². The van der Waals surface area contributed by atoms with Crippen LogP contribution < -0.4 is 5.73 Å². The second kappa shape index (κ2) is 3.18. The first kappa shape index (κ1) is 10.5. The smallest absolute Gasteiger partial charge is 0.148 e. The van der Waals surface area contributed by atoms with Gasteiger partial charge in [0.15, 0.2) is 0 Å². The van der Waals surface area contributed by atoms with Crippen LogP contribution in [0.4, 0.5) is 10.1 Å². The average Bonchev–Trinajstić information content (AvgIpc) is 2.58. The van der Waals surface area contributed by atoms with E-state index in [9.17, 15) is 4.39 Å². The van der Waals surface area contributed by atoms with Crippen molar-refractivity contribution in [2.75, 3.05) is 5.73 Å². The van der Waals surface area contributed by atoms with Crippen LogP contribution in [0, 0.1) is 11.2 Å². The number of nitrogens with two attached hydrogens (primary N) is 1. The SMILES string of the molecule is CC1(C)CC(n2nnc3cc(N)c(F)cc32)C1. The molecule has 1 saturated carbocycles. The maximum absolute atomic E-state index is 13.4. The van der Waals surface area contributed by atoms with Crippen LogP contribution in [-0.4, -0.2) is 15.0 Å². The number of hydrogen-bond donors (Lipinski definition) is 1. The summed E-state index contributed by atoms with van der Waals surface area (Å²) in [7, 11) is 0. The number of fused-ring (bicyclic) bond motifs is 1. The summed E-state index contributed by atoms with van der Waals surface area (Å²) >= 11 is 0. The van der Waals surface area contributed by atoms with E-state index in [1.165, 1.54) is 12.1 Å². The Morgan fingerprint density at radius 3 is 2.76 bits per heavy atom. The third-order valence-corrected chi connectivity index (χ3v) is 3.51. The molecule has 0 spiro atoms. The van der Waals surface area contributed by atoms with E-state index in [-0.39, 0.29) is 5.69 Å². The Morgan fingerprint density at radius 1 is 1.41 bits per heavy atom. The summed E-state index contributed by atoms with van der Waals surface area (Å²) in [6.07, 6.45) is 2.11. The first-order valence-corrected chi connectivity index (χ1v) is 5.76. The Balaban J connectivity index is 2.04. The zero-order valence-electron chi connectivity index (χ0n) is 9.94. The van der Waals surface area contributed by atoms with E-state index in [0.29, 0.717) is 17.0 Å². The van der Waals surface area contributed by atoms with Gasteiger partial charge in [-0.3, -0.25) is 0 Å². The molecule has 4 nitrogen and oxygen atoms in total. The minimum atomic E-state index is -0.403. The Morgan fingerprint density at radius 2 is 2.12 bits per heavy atom. The van der Waals surface area contributed by atoms with E-state index >= 15 is 0 Å². The lowest BCUT2D eigenvalue weighted by molar-refractivity contribution is 0.0966. The van der Waals surface area contributed by atoms with Gasteiger partial charge in [0.25, 0.3) is 0 Å². The van der Waals surface area contributed by atoms with Crippen LogP contribution in [0.1, 0.15) is 32.7 Å². The lowest BCUT2D eigenvalue weighted by atomic mass is 9.68. The standard InChI is InChI=1S/C12H15FN4/c1-12(2)5-7(6-12)17-11-3-8(13)9(14)4-10(11)15-16-17/h3-4,7H,5-6,14H2,1-2H3. The second-order valence-corrected chi connectivity index (χ2v) is 5.62. The summed E-state index contributed by atoms with van der Waals surface area (Å²) in [6, 6.07) is 3.30. The Bertz CT molecular complexity index is 579. The van der Waals surface area contributed by atoms with Gasteiger partial charge >= 0.3 is 0 Å². The molecule has 90 valence electrons. The highest BCUT2D eigenvalue weighted by atomic mass is 19.1. The van der Waals surface area contributed by atoms with E-state index < -0.39 is 5.82 Å². The monoisotopic (exact) mass is 234 g/mol. The Hall–Kier alpha value is -1.65. The number of aromatic nitrogens is 3. The number of rotatable bonds is 1. The molecule has 0 atom stereocenters. The van der Waals surface area contributed by atoms with Crippen LogP contribution in [0.5, 0.6) is 0 Å². The summed E-state index contributed by atoms with van der Waals surface area (Å²) in [6.45, 7) is 4.45. The van der Waals surface area contributed by atoms with E-state index in [1.54, 1.807) is 0 Å². The molecule has 0 bridgehead atoms. The summed E-state index contributed by atoms with van der Waals surface area (Å²) < 4.78 is 15.3. The summed E-state index contributed by atoms with van der Waals surface area (Å²) in [5.41, 5.74) is 7.38. The van der Waals surface area contributed by atoms with Gasteiger partial charge in [0.05, 0.1) is 17.2 Å². The topological polar surface area (TPSA) is 56.7 Å². The summed E-state index contributed by atoms with van der Waals surface area (Å²) in [4.78, 5) is 0. The predicted molar refractivity (Wildman–Crippen MR) is 64.0 cm³/mol. The van der Waals surface area contributed by atoms with Gasteiger partial charge in [0.2, 0.25) is 0 Å². The van der Waals surface area contributed by atoms with Crippen molar-refractivity contribution in [3.8, 4) is 0 Å². The molecule has 1 heterocycles. The third kappa shape index (κ3) is 1.57. The maximum atomic E-state index is 13.4. The van der Waals surface area contributed by atoms with Crippen LogP contribution in [0.2, 0.25) is 0 Å². The first-order valence-electron chi connectivity index (χ1n) is 5.76. The molecule has 5 heteroatoms. The van der Waals surface area contributed by atoms with Gasteiger partial charge in [-0.2, -0.15) is 0 Å². The second-order valence-electron chi connectivity index (χ2n) is 5.62. The fraction of sp³-hybridized carbons (Fsp3) is 0.500. The first-order chi connectivity index (χ1) is 7.96. The minimum Gasteiger partial charge on any atom is -0.396 e. The van der Waals surface area contributed by atoms with Crippen molar-refractivity contribution in [1.29, 1.82) is 0 Å². The van der Waals surface area contributed by atoms with Gasteiger partial charge in [0, 0.05) is 6.07 Å². The van der Waals surface area contributed by atoms with Crippen LogP contribution >= 0.6 is 0 Å². The molecule has 0 saturated heterocycles. The predicted octanol–water partition coefficient (Wildman–Crippen LogP) is 2.51. The molecule has 0 amide bonds. The molecule has 0 radical (unpaired) electrons. The lowest BCUT2D eigenvalue weighted by Crippen LogP contribution is -2.34.